The van der Waals surface area contributed by atoms with Crippen molar-refractivity contribution in [1.29, 1.82) is 0 Å². The molecule has 0 bridgehead atoms. The summed E-state index contributed by atoms with van der Waals surface area (Å²) in [6.45, 7) is 1.93. The van der Waals surface area contributed by atoms with Crippen molar-refractivity contribution in [2.75, 3.05) is 38.3 Å². The molecule has 4 nitrogen and oxygen atoms in total. The predicted octanol–water partition coefficient (Wildman–Crippen LogP) is 2.05. The minimum atomic E-state index is 0.0912. The lowest BCUT2D eigenvalue weighted by molar-refractivity contribution is 0.202. The van der Waals surface area contributed by atoms with Gasteiger partial charge >= 0.3 is 0 Å². The Hall–Kier alpha value is -0.170. The van der Waals surface area contributed by atoms with E-state index in [1.807, 2.05) is 11.0 Å². The number of aliphatic hydroxyl groups excluding tert-OH is 1. The summed E-state index contributed by atoms with van der Waals surface area (Å²) in [5, 5.41) is 9.01. The van der Waals surface area contributed by atoms with Crippen LogP contribution in [-0.2, 0) is 4.74 Å². The third-order valence-corrected chi connectivity index (χ3v) is 3.04. The molecule has 0 saturated carbocycles. The van der Waals surface area contributed by atoms with Crippen LogP contribution in [0.25, 0.3) is 0 Å². The Bertz CT molecular complexity index is 337. The quantitative estimate of drug-likeness (QED) is 0.850. The fourth-order valence-corrected chi connectivity index (χ4v) is 2.52. The van der Waals surface area contributed by atoms with Crippen LogP contribution in [0.3, 0.4) is 0 Å². The van der Waals surface area contributed by atoms with Crippen LogP contribution in [0.1, 0.15) is 0 Å². The number of aromatic nitrogens is 1. The van der Waals surface area contributed by atoms with E-state index in [0.29, 0.717) is 19.7 Å². The average Bonchev–Trinajstić information content (AvgIpc) is 2.25. The molecule has 1 N–H and O–H groups in total. The fourth-order valence-electron chi connectivity index (χ4n) is 1.29. The molecule has 6 heteroatoms. The summed E-state index contributed by atoms with van der Waals surface area (Å²) in [5.41, 5.74) is 0. The monoisotopic (exact) mass is 352 g/mol. The highest BCUT2D eigenvalue weighted by molar-refractivity contribution is 9.11. The molecule has 16 heavy (non-hydrogen) atoms. The second-order valence-corrected chi connectivity index (χ2v) is 4.93. The predicted molar refractivity (Wildman–Crippen MR) is 70.8 cm³/mol. The van der Waals surface area contributed by atoms with Gasteiger partial charge in [0.05, 0.1) is 17.7 Å². The van der Waals surface area contributed by atoms with Gasteiger partial charge in [0.25, 0.3) is 0 Å². The van der Waals surface area contributed by atoms with Crippen molar-refractivity contribution in [2.24, 2.45) is 0 Å². The first-order valence-corrected chi connectivity index (χ1v) is 6.43. The first kappa shape index (κ1) is 13.9. The van der Waals surface area contributed by atoms with E-state index in [2.05, 4.69) is 36.8 Å². The number of hydrogen-bond donors (Lipinski definition) is 1. The highest BCUT2D eigenvalue weighted by Crippen LogP contribution is 2.26. The van der Waals surface area contributed by atoms with Gasteiger partial charge in [-0.3, -0.25) is 0 Å². The summed E-state index contributed by atoms with van der Waals surface area (Å²) in [5.74, 6) is 0.814. The summed E-state index contributed by atoms with van der Waals surface area (Å²) < 4.78 is 6.84. The van der Waals surface area contributed by atoms with Crippen molar-refractivity contribution < 1.29 is 9.84 Å². The molecule has 1 rings (SSSR count). The van der Waals surface area contributed by atoms with Gasteiger partial charge in [-0.2, -0.15) is 0 Å². The Morgan fingerprint density at radius 2 is 2.19 bits per heavy atom. The lowest BCUT2D eigenvalue weighted by Gasteiger charge is -2.23. The molecule has 0 amide bonds. The third-order valence-electron chi connectivity index (χ3n) is 2.02. The molecule has 0 aliphatic heterocycles. The van der Waals surface area contributed by atoms with Gasteiger partial charge in [-0.05, 0) is 37.9 Å². The van der Waals surface area contributed by atoms with E-state index in [-0.39, 0.29) is 6.61 Å². The first-order valence-electron chi connectivity index (χ1n) is 4.85. The van der Waals surface area contributed by atoms with Gasteiger partial charge in [0.15, 0.2) is 0 Å². The molecule has 1 heterocycles. The fraction of sp³-hybridized carbons (Fsp3) is 0.500. The zero-order valence-electron chi connectivity index (χ0n) is 8.99. The maximum absolute atomic E-state index is 9.01. The number of aliphatic hydroxyl groups is 1. The van der Waals surface area contributed by atoms with Crippen molar-refractivity contribution in [3.05, 3.63) is 21.2 Å². The van der Waals surface area contributed by atoms with Gasteiger partial charge < -0.3 is 14.7 Å². The van der Waals surface area contributed by atoms with Crippen LogP contribution < -0.4 is 4.90 Å². The van der Waals surface area contributed by atoms with Crippen molar-refractivity contribution in [3.63, 3.8) is 0 Å². The first-order chi connectivity index (χ1) is 7.69. The molecule has 1 aromatic rings. The molecule has 0 saturated heterocycles. The molecule has 0 aliphatic rings. The number of anilines is 1. The molecule has 0 aliphatic carbocycles. The molecule has 0 atom stereocenters. The largest absolute Gasteiger partial charge is 0.395 e. The Balaban J connectivity index is 2.82. The molecular formula is C10H14Br2N2O2. The standard InChI is InChI=1S/C10H14Br2N2O2/c1-16-5-3-14(2-4-15)10-9(12)6-8(11)7-13-10/h6-7,15H,2-5H2,1H3. The third kappa shape index (κ3) is 4.01. The molecule has 1 aromatic heterocycles. The SMILES string of the molecule is COCCN(CCO)c1ncc(Br)cc1Br. The summed E-state index contributed by atoms with van der Waals surface area (Å²) >= 11 is 6.80. The number of hydrogen-bond acceptors (Lipinski definition) is 4. The van der Waals surface area contributed by atoms with E-state index in [9.17, 15) is 0 Å². The summed E-state index contributed by atoms with van der Waals surface area (Å²) in [6.07, 6.45) is 1.73. The van der Waals surface area contributed by atoms with Gasteiger partial charge in [0.1, 0.15) is 5.82 Å². The summed E-state index contributed by atoms with van der Waals surface area (Å²) in [4.78, 5) is 6.29. The highest BCUT2D eigenvalue weighted by atomic mass is 79.9. The van der Waals surface area contributed by atoms with Gasteiger partial charge in [-0.25, -0.2) is 4.98 Å². The van der Waals surface area contributed by atoms with Crippen LogP contribution in [0.15, 0.2) is 21.2 Å². The van der Waals surface area contributed by atoms with Crippen molar-refractivity contribution in [2.45, 2.75) is 0 Å². The van der Waals surface area contributed by atoms with E-state index < -0.39 is 0 Å². The minimum Gasteiger partial charge on any atom is -0.395 e. The minimum absolute atomic E-state index is 0.0912. The van der Waals surface area contributed by atoms with E-state index in [1.54, 1.807) is 13.3 Å². The topological polar surface area (TPSA) is 45.6 Å². The lowest BCUT2D eigenvalue weighted by atomic mass is 10.4. The number of nitrogens with zero attached hydrogens (tertiary/aromatic N) is 2. The number of ether oxygens (including phenoxy) is 1. The maximum Gasteiger partial charge on any atom is 0.143 e. The zero-order valence-corrected chi connectivity index (χ0v) is 12.2. The molecule has 0 fully saturated rings. The average molecular weight is 354 g/mol. The van der Waals surface area contributed by atoms with Gasteiger partial charge in [0, 0.05) is 30.9 Å². The van der Waals surface area contributed by atoms with E-state index in [4.69, 9.17) is 9.84 Å². The smallest absolute Gasteiger partial charge is 0.143 e. The zero-order chi connectivity index (χ0) is 12.0. The Morgan fingerprint density at radius 3 is 2.75 bits per heavy atom. The molecule has 0 aromatic carbocycles. The molecule has 0 radical (unpaired) electrons. The highest BCUT2D eigenvalue weighted by Gasteiger charge is 2.11. The van der Waals surface area contributed by atoms with Crippen LogP contribution in [0.2, 0.25) is 0 Å². The van der Waals surface area contributed by atoms with E-state index in [0.717, 1.165) is 14.8 Å². The van der Waals surface area contributed by atoms with Crippen LogP contribution in [0.4, 0.5) is 5.82 Å². The van der Waals surface area contributed by atoms with Crippen molar-refractivity contribution >= 4 is 37.7 Å². The van der Waals surface area contributed by atoms with Crippen LogP contribution in [-0.4, -0.2) is 43.5 Å². The second-order valence-electron chi connectivity index (χ2n) is 3.16. The summed E-state index contributed by atoms with van der Waals surface area (Å²) in [7, 11) is 1.65. The molecule has 0 spiro atoms. The van der Waals surface area contributed by atoms with Gasteiger partial charge in [-0.15, -0.1) is 0 Å². The number of halogens is 2. The van der Waals surface area contributed by atoms with E-state index >= 15 is 0 Å². The summed E-state index contributed by atoms with van der Waals surface area (Å²) in [6, 6.07) is 1.93. The van der Waals surface area contributed by atoms with Gasteiger partial charge in [0.2, 0.25) is 0 Å². The molecular weight excluding hydrogens is 340 g/mol. The van der Waals surface area contributed by atoms with E-state index in [1.165, 1.54) is 0 Å². The number of rotatable bonds is 6. The Kier molecular flexibility index (Phi) is 6.26. The maximum atomic E-state index is 9.01. The van der Waals surface area contributed by atoms with Crippen LogP contribution in [0, 0.1) is 0 Å². The van der Waals surface area contributed by atoms with Crippen LogP contribution >= 0.6 is 31.9 Å². The lowest BCUT2D eigenvalue weighted by Crippen LogP contribution is -2.31. The molecule has 0 unspecified atom stereocenters. The van der Waals surface area contributed by atoms with Crippen molar-refractivity contribution in [1.82, 2.24) is 4.98 Å². The number of methoxy groups -OCH3 is 1. The Labute approximate surface area is 112 Å². The molecule has 90 valence electrons. The second kappa shape index (κ2) is 7.21. The number of pyridine rings is 1. The normalized spacial score (nSPS) is 10.5. The Morgan fingerprint density at radius 1 is 1.44 bits per heavy atom. The van der Waals surface area contributed by atoms with Gasteiger partial charge in [-0.1, -0.05) is 0 Å². The van der Waals surface area contributed by atoms with Crippen molar-refractivity contribution in [3.8, 4) is 0 Å². The van der Waals surface area contributed by atoms with Crippen LogP contribution in [0.5, 0.6) is 0 Å².